The molecule has 0 fully saturated rings. The summed E-state index contributed by atoms with van der Waals surface area (Å²) < 4.78 is 0. The third-order valence-corrected chi connectivity index (χ3v) is 3.11. The number of nitrogens with one attached hydrogen (secondary N) is 2. The smallest absolute Gasteiger partial charge is 0.257 e. The SMILES string of the molecule is N#Cc1ccc(NC=C2C(=O)Nc3ccccc32)cc1. The van der Waals surface area contributed by atoms with E-state index in [2.05, 4.69) is 16.7 Å². The second-order valence-corrected chi connectivity index (χ2v) is 4.39. The minimum Gasteiger partial charge on any atom is -0.361 e. The van der Waals surface area contributed by atoms with E-state index in [4.69, 9.17) is 5.26 Å². The van der Waals surface area contributed by atoms with E-state index in [1.54, 1.807) is 30.5 Å². The molecule has 0 saturated heterocycles. The highest BCUT2D eigenvalue weighted by Gasteiger charge is 2.23. The summed E-state index contributed by atoms with van der Waals surface area (Å²) in [5.41, 5.74) is 3.75. The van der Waals surface area contributed by atoms with Gasteiger partial charge in [0.15, 0.2) is 0 Å². The van der Waals surface area contributed by atoms with Gasteiger partial charge in [0.05, 0.1) is 17.2 Å². The van der Waals surface area contributed by atoms with Crippen LogP contribution in [-0.4, -0.2) is 5.91 Å². The first-order valence-corrected chi connectivity index (χ1v) is 6.15. The zero-order valence-electron chi connectivity index (χ0n) is 10.6. The van der Waals surface area contributed by atoms with Gasteiger partial charge in [0.2, 0.25) is 0 Å². The van der Waals surface area contributed by atoms with Crippen LogP contribution in [0.3, 0.4) is 0 Å². The molecule has 1 heterocycles. The van der Waals surface area contributed by atoms with Crippen molar-refractivity contribution in [2.24, 2.45) is 0 Å². The van der Waals surface area contributed by atoms with E-state index in [0.717, 1.165) is 16.9 Å². The number of hydrogen-bond acceptors (Lipinski definition) is 3. The van der Waals surface area contributed by atoms with Crippen molar-refractivity contribution in [1.82, 2.24) is 0 Å². The van der Waals surface area contributed by atoms with E-state index in [1.807, 2.05) is 24.3 Å². The Kier molecular flexibility index (Phi) is 2.94. The Morgan fingerprint density at radius 3 is 2.60 bits per heavy atom. The quantitative estimate of drug-likeness (QED) is 0.817. The zero-order chi connectivity index (χ0) is 13.9. The molecule has 0 aromatic heterocycles. The Morgan fingerprint density at radius 2 is 1.85 bits per heavy atom. The third-order valence-electron chi connectivity index (χ3n) is 3.11. The van der Waals surface area contributed by atoms with Crippen LogP contribution in [0.1, 0.15) is 11.1 Å². The number of nitrogens with zero attached hydrogens (tertiary/aromatic N) is 1. The van der Waals surface area contributed by atoms with Gasteiger partial charge >= 0.3 is 0 Å². The lowest BCUT2D eigenvalue weighted by atomic mass is 10.1. The fraction of sp³-hybridized carbons (Fsp3) is 0. The van der Waals surface area contributed by atoms with Crippen molar-refractivity contribution < 1.29 is 4.79 Å². The summed E-state index contributed by atoms with van der Waals surface area (Å²) in [6.07, 6.45) is 1.68. The Balaban J connectivity index is 1.86. The van der Waals surface area contributed by atoms with E-state index in [0.29, 0.717) is 11.1 Å². The first kappa shape index (κ1) is 12.0. The number of amides is 1. The molecule has 20 heavy (non-hydrogen) atoms. The van der Waals surface area contributed by atoms with E-state index >= 15 is 0 Å². The molecule has 4 heteroatoms. The highest BCUT2D eigenvalue weighted by atomic mass is 16.2. The predicted molar refractivity (Wildman–Crippen MR) is 77.8 cm³/mol. The van der Waals surface area contributed by atoms with Gasteiger partial charge in [-0.05, 0) is 30.3 Å². The lowest BCUT2D eigenvalue weighted by Gasteiger charge is -2.02. The fourth-order valence-corrected chi connectivity index (χ4v) is 2.08. The number of carbonyl (C=O) groups is 1. The number of nitriles is 1. The van der Waals surface area contributed by atoms with Gasteiger partial charge < -0.3 is 10.6 Å². The highest BCUT2D eigenvalue weighted by molar-refractivity contribution is 6.31. The van der Waals surface area contributed by atoms with Crippen LogP contribution in [0.2, 0.25) is 0 Å². The lowest BCUT2D eigenvalue weighted by Crippen LogP contribution is -2.05. The number of para-hydroxylation sites is 1. The molecule has 0 saturated carbocycles. The summed E-state index contributed by atoms with van der Waals surface area (Å²) >= 11 is 0. The monoisotopic (exact) mass is 261 g/mol. The molecule has 2 aromatic carbocycles. The Hall–Kier alpha value is -3.06. The zero-order valence-corrected chi connectivity index (χ0v) is 10.6. The van der Waals surface area contributed by atoms with Gasteiger partial charge in [-0.15, -0.1) is 0 Å². The van der Waals surface area contributed by atoms with Crippen LogP contribution in [0.15, 0.2) is 54.7 Å². The molecule has 4 nitrogen and oxygen atoms in total. The molecule has 1 amide bonds. The van der Waals surface area contributed by atoms with Crippen LogP contribution >= 0.6 is 0 Å². The summed E-state index contributed by atoms with van der Waals surface area (Å²) in [6.45, 7) is 0. The molecule has 1 aliphatic heterocycles. The summed E-state index contributed by atoms with van der Waals surface area (Å²) in [4.78, 5) is 11.9. The molecular weight excluding hydrogens is 250 g/mol. The average molecular weight is 261 g/mol. The Bertz CT molecular complexity index is 739. The molecule has 0 aliphatic carbocycles. The summed E-state index contributed by atoms with van der Waals surface area (Å²) in [5.74, 6) is -0.118. The summed E-state index contributed by atoms with van der Waals surface area (Å²) in [6, 6.07) is 16.7. The van der Waals surface area contributed by atoms with Gasteiger partial charge in [-0.25, -0.2) is 0 Å². The average Bonchev–Trinajstić information content (AvgIpc) is 2.81. The van der Waals surface area contributed by atoms with Crippen LogP contribution in [0.5, 0.6) is 0 Å². The summed E-state index contributed by atoms with van der Waals surface area (Å²) in [5, 5.41) is 14.6. The topological polar surface area (TPSA) is 64.9 Å². The highest BCUT2D eigenvalue weighted by Crippen LogP contribution is 2.31. The minimum absolute atomic E-state index is 0.118. The normalized spacial score (nSPS) is 14.6. The van der Waals surface area contributed by atoms with Crippen LogP contribution in [0, 0.1) is 11.3 Å². The van der Waals surface area contributed by atoms with E-state index in [9.17, 15) is 4.79 Å². The molecule has 0 spiro atoms. The van der Waals surface area contributed by atoms with Gasteiger partial charge in [-0.1, -0.05) is 18.2 Å². The molecule has 1 aliphatic rings. The van der Waals surface area contributed by atoms with E-state index < -0.39 is 0 Å². The second-order valence-electron chi connectivity index (χ2n) is 4.39. The molecule has 2 N–H and O–H groups in total. The third kappa shape index (κ3) is 2.13. The van der Waals surface area contributed by atoms with Crippen molar-refractivity contribution in [3.63, 3.8) is 0 Å². The molecule has 3 rings (SSSR count). The maximum absolute atomic E-state index is 11.9. The number of carbonyl (C=O) groups excluding carboxylic acids is 1. The largest absolute Gasteiger partial charge is 0.361 e. The van der Waals surface area contributed by atoms with Gasteiger partial charge in [-0.3, -0.25) is 4.79 Å². The number of rotatable bonds is 2. The van der Waals surface area contributed by atoms with Crippen LogP contribution in [0.25, 0.3) is 5.57 Å². The first-order valence-electron chi connectivity index (χ1n) is 6.15. The molecule has 0 atom stereocenters. The van der Waals surface area contributed by atoms with Gasteiger partial charge in [0.25, 0.3) is 5.91 Å². The number of anilines is 2. The predicted octanol–water partition coefficient (Wildman–Crippen LogP) is 2.96. The van der Waals surface area contributed by atoms with E-state index in [-0.39, 0.29) is 5.91 Å². The van der Waals surface area contributed by atoms with Crippen molar-refractivity contribution in [1.29, 1.82) is 5.26 Å². The summed E-state index contributed by atoms with van der Waals surface area (Å²) in [7, 11) is 0. The van der Waals surface area contributed by atoms with Crippen LogP contribution in [-0.2, 0) is 4.79 Å². The first-order chi connectivity index (χ1) is 9.78. The molecule has 96 valence electrons. The fourth-order valence-electron chi connectivity index (χ4n) is 2.08. The maximum atomic E-state index is 11.9. The van der Waals surface area contributed by atoms with Gasteiger partial charge in [-0.2, -0.15) is 5.26 Å². The molecule has 0 radical (unpaired) electrons. The second kappa shape index (κ2) is 4.90. The van der Waals surface area contributed by atoms with Gasteiger partial charge in [0.1, 0.15) is 0 Å². The van der Waals surface area contributed by atoms with Crippen molar-refractivity contribution in [3.8, 4) is 6.07 Å². The molecular formula is C16H11N3O. The van der Waals surface area contributed by atoms with Crippen molar-refractivity contribution >= 4 is 22.9 Å². The van der Waals surface area contributed by atoms with Crippen molar-refractivity contribution in [2.45, 2.75) is 0 Å². The number of benzene rings is 2. The Morgan fingerprint density at radius 1 is 1.10 bits per heavy atom. The molecule has 2 aromatic rings. The maximum Gasteiger partial charge on any atom is 0.257 e. The Labute approximate surface area is 116 Å². The number of hydrogen-bond donors (Lipinski definition) is 2. The van der Waals surface area contributed by atoms with Crippen LogP contribution < -0.4 is 10.6 Å². The van der Waals surface area contributed by atoms with Crippen molar-refractivity contribution in [2.75, 3.05) is 10.6 Å². The lowest BCUT2D eigenvalue weighted by molar-refractivity contribution is -0.110. The minimum atomic E-state index is -0.118. The number of fused-ring (bicyclic) bond motifs is 1. The molecule has 0 unspecified atom stereocenters. The van der Waals surface area contributed by atoms with E-state index in [1.165, 1.54) is 0 Å². The standard InChI is InChI=1S/C16H11N3O/c17-9-11-5-7-12(8-6-11)18-10-14-13-3-1-2-4-15(13)19-16(14)20/h1-8,10,18H,(H,19,20). The van der Waals surface area contributed by atoms with Crippen LogP contribution in [0.4, 0.5) is 11.4 Å². The van der Waals surface area contributed by atoms with Gasteiger partial charge in [0, 0.05) is 23.1 Å². The molecule has 0 bridgehead atoms. The van der Waals surface area contributed by atoms with Crippen molar-refractivity contribution in [3.05, 3.63) is 65.9 Å².